The molecule has 16 heavy (non-hydrogen) atoms. The third-order valence-electron chi connectivity index (χ3n) is 2.63. The van der Waals surface area contributed by atoms with Crippen LogP contribution < -0.4 is 5.32 Å². The minimum Gasteiger partial charge on any atom is -0.467 e. The van der Waals surface area contributed by atoms with E-state index < -0.39 is 0 Å². The maximum absolute atomic E-state index is 5.44. The fourth-order valence-electron chi connectivity index (χ4n) is 1.78. The van der Waals surface area contributed by atoms with E-state index in [1.807, 2.05) is 19.2 Å². The fourth-order valence-corrected chi connectivity index (χ4v) is 2.02. The van der Waals surface area contributed by atoms with E-state index in [4.69, 9.17) is 4.42 Å². The largest absolute Gasteiger partial charge is 0.467 e. The summed E-state index contributed by atoms with van der Waals surface area (Å²) in [6.07, 6.45) is 1.70. The number of nitrogens with one attached hydrogen (secondary N) is 1. The van der Waals surface area contributed by atoms with Gasteiger partial charge in [0.15, 0.2) is 0 Å². The first kappa shape index (κ1) is 11.4. The Morgan fingerprint density at radius 1 is 1.31 bits per heavy atom. The lowest BCUT2D eigenvalue weighted by Gasteiger charge is -2.15. The van der Waals surface area contributed by atoms with E-state index in [2.05, 4.69) is 46.4 Å². The number of furan rings is 1. The number of rotatable bonds is 3. The van der Waals surface area contributed by atoms with Gasteiger partial charge in [-0.1, -0.05) is 28.1 Å². The van der Waals surface area contributed by atoms with Gasteiger partial charge in [0.2, 0.25) is 0 Å². The number of benzene rings is 1. The Morgan fingerprint density at radius 2 is 2.12 bits per heavy atom. The van der Waals surface area contributed by atoms with Crippen molar-refractivity contribution < 1.29 is 4.42 Å². The van der Waals surface area contributed by atoms with Crippen LogP contribution in [-0.2, 0) is 0 Å². The molecule has 0 spiro atoms. The van der Waals surface area contributed by atoms with Crippen molar-refractivity contribution in [3.63, 3.8) is 0 Å². The van der Waals surface area contributed by atoms with Gasteiger partial charge in [-0.25, -0.2) is 0 Å². The van der Waals surface area contributed by atoms with E-state index in [1.165, 1.54) is 11.1 Å². The first-order chi connectivity index (χ1) is 7.72. The average molecular weight is 280 g/mol. The standard InChI is InChI=1S/C13H14BrNO/c1-9-8-10(5-6-11(9)14)13(15-2)12-4-3-7-16-12/h3-8,13,15H,1-2H3. The van der Waals surface area contributed by atoms with Gasteiger partial charge in [0.05, 0.1) is 12.3 Å². The first-order valence-electron chi connectivity index (χ1n) is 5.19. The van der Waals surface area contributed by atoms with Crippen molar-refractivity contribution in [1.29, 1.82) is 0 Å². The Bertz CT molecular complexity index is 465. The smallest absolute Gasteiger partial charge is 0.125 e. The van der Waals surface area contributed by atoms with Crippen molar-refractivity contribution in [2.45, 2.75) is 13.0 Å². The molecular formula is C13H14BrNO. The van der Waals surface area contributed by atoms with Crippen molar-refractivity contribution >= 4 is 15.9 Å². The molecule has 84 valence electrons. The predicted octanol–water partition coefficient (Wildman–Crippen LogP) is 3.66. The van der Waals surface area contributed by atoms with Crippen molar-refractivity contribution in [1.82, 2.24) is 5.32 Å². The Labute approximate surface area is 104 Å². The molecule has 1 aromatic carbocycles. The fraction of sp³-hybridized carbons (Fsp3) is 0.231. The molecule has 0 aliphatic heterocycles. The lowest BCUT2D eigenvalue weighted by molar-refractivity contribution is 0.463. The molecule has 0 saturated carbocycles. The van der Waals surface area contributed by atoms with Gasteiger partial charge in [0, 0.05) is 4.47 Å². The molecule has 3 heteroatoms. The number of halogens is 1. The van der Waals surface area contributed by atoms with Crippen molar-refractivity contribution in [3.8, 4) is 0 Å². The van der Waals surface area contributed by atoms with Crippen molar-refractivity contribution in [2.75, 3.05) is 7.05 Å². The first-order valence-corrected chi connectivity index (χ1v) is 5.98. The molecule has 2 aromatic rings. The zero-order valence-electron chi connectivity index (χ0n) is 9.33. The summed E-state index contributed by atoms with van der Waals surface area (Å²) in [5, 5.41) is 3.26. The third-order valence-corrected chi connectivity index (χ3v) is 3.52. The minimum atomic E-state index is 0.113. The van der Waals surface area contributed by atoms with Crippen LogP contribution >= 0.6 is 15.9 Å². The summed E-state index contributed by atoms with van der Waals surface area (Å²) in [6, 6.07) is 10.3. The highest BCUT2D eigenvalue weighted by Crippen LogP contribution is 2.25. The van der Waals surface area contributed by atoms with Gasteiger partial charge in [-0.2, -0.15) is 0 Å². The Hall–Kier alpha value is -1.06. The molecule has 1 aromatic heterocycles. The molecule has 1 atom stereocenters. The molecular weight excluding hydrogens is 266 g/mol. The highest BCUT2D eigenvalue weighted by Gasteiger charge is 2.14. The highest BCUT2D eigenvalue weighted by molar-refractivity contribution is 9.10. The molecule has 0 bridgehead atoms. The van der Waals surface area contributed by atoms with Crippen LogP contribution in [0.5, 0.6) is 0 Å². The highest BCUT2D eigenvalue weighted by atomic mass is 79.9. The molecule has 0 fully saturated rings. The van der Waals surface area contributed by atoms with Crippen LogP contribution in [0.4, 0.5) is 0 Å². The van der Waals surface area contributed by atoms with Gasteiger partial charge < -0.3 is 9.73 Å². The van der Waals surface area contributed by atoms with E-state index in [-0.39, 0.29) is 6.04 Å². The molecule has 0 aliphatic carbocycles. The maximum Gasteiger partial charge on any atom is 0.125 e. The molecule has 1 unspecified atom stereocenters. The van der Waals surface area contributed by atoms with Gasteiger partial charge in [-0.05, 0) is 43.3 Å². The van der Waals surface area contributed by atoms with Crippen molar-refractivity contribution in [2.24, 2.45) is 0 Å². The van der Waals surface area contributed by atoms with Crippen molar-refractivity contribution in [3.05, 3.63) is 58.0 Å². The third kappa shape index (κ3) is 2.20. The van der Waals surface area contributed by atoms with E-state index in [9.17, 15) is 0 Å². The molecule has 0 amide bonds. The lowest BCUT2D eigenvalue weighted by Crippen LogP contribution is -2.17. The van der Waals surface area contributed by atoms with Crippen LogP contribution in [0.1, 0.15) is 22.9 Å². The van der Waals surface area contributed by atoms with Crippen LogP contribution in [0.15, 0.2) is 45.5 Å². The summed E-state index contributed by atoms with van der Waals surface area (Å²) in [6.45, 7) is 2.09. The SMILES string of the molecule is CNC(c1ccc(Br)c(C)c1)c1ccco1. The molecule has 0 radical (unpaired) electrons. The zero-order chi connectivity index (χ0) is 11.5. The lowest BCUT2D eigenvalue weighted by atomic mass is 10.0. The predicted molar refractivity (Wildman–Crippen MR) is 68.5 cm³/mol. The Balaban J connectivity index is 2.37. The van der Waals surface area contributed by atoms with Crippen LogP contribution in [0.3, 0.4) is 0 Å². The summed E-state index contributed by atoms with van der Waals surface area (Å²) >= 11 is 3.51. The quantitative estimate of drug-likeness (QED) is 0.928. The normalized spacial score (nSPS) is 12.7. The molecule has 0 saturated heterocycles. The van der Waals surface area contributed by atoms with Crippen LogP contribution in [-0.4, -0.2) is 7.05 Å². The van der Waals surface area contributed by atoms with Crippen LogP contribution in [0.2, 0.25) is 0 Å². The van der Waals surface area contributed by atoms with E-state index in [1.54, 1.807) is 6.26 Å². The number of hydrogen-bond donors (Lipinski definition) is 1. The van der Waals surface area contributed by atoms with Gasteiger partial charge in [-0.3, -0.25) is 0 Å². The van der Waals surface area contributed by atoms with Gasteiger partial charge in [0.25, 0.3) is 0 Å². The summed E-state index contributed by atoms with van der Waals surface area (Å²) in [5.74, 6) is 0.934. The Kier molecular flexibility index (Phi) is 3.46. The molecule has 1 N–H and O–H groups in total. The topological polar surface area (TPSA) is 25.2 Å². The molecule has 2 rings (SSSR count). The molecule has 1 heterocycles. The molecule has 2 nitrogen and oxygen atoms in total. The van der Waals surface area contributed by atoms with E-state index >= 15 is 0 Å². The zero-order valence-corrected chi connectivity index (χ0v) is 10.9. The summed E-state index contributed by atoms with van der Waals surface area (Å²) in [5.41, 5.74) is 2.43. The minimum absolute atomic E-state index is 0.113. The second-order valence-electron chi connectivity index (χ2n) is 3.75. The average Bonchev–Trinajstić information content (AvgIpc) is 2.78. The van der Waals surface area contributed by atoms with Crippen LogP contribution in [0, 0.1) is 6.92 Å². The monoisotopic (exact) mass is 279 g/mol. The summed E-state index contributed by atoms with van der Waals surface area (Å²) < 4.78 is 6.57. The number of aryl methyl sites for hydroxylation is 1. The summed E-state index contributed by atoms with van der Waals surface area (Å²) in [4.78, 5) is 0. The second kappa shape index (κ2) is 4.85. The van der Waals surface area contributed by atoms with Gasteiger partial charge >= 0.3 is 0 Å². The number of hydrogen-bond acceptors (Lipinski definition) is 2. The van der Waals surface area contributed by atoms with E-state index in [0.717, 1.165) is 10.2 Å². The van der Waals surface area contributed by atoms with Gasteiger partial charge in [0.1, 0.15) is 5.76 Å². The van der Waals surface area contributed by atoms with Gasteiger partial charge in [-0.15, -0.1) is 0 Å². The van der Waals surface area contributed by atoms with Crippen LogP contribution in [0.25, 0.3) is 0 Å². The second-order valence-corrected chi connectivity index (χ2v) is 4.60. The maximum atomic E-state index is 5.44. The summed E-state index contributed by atoms with van der Waals surface area (Å²) in [7, 11) is 1.94. The Morgan fingerprint density at radius 3 is 2.69 bits per heavy atom. The molecule has 0 aliphatic rings. The van der Waals surface area contributed by atoms with E-state index in [0.29, 0.717) is 0 Å².